The highest BCUT2D eigenvalue weighted by Crippen LogP contribution is 2.33. The van der Waals surface area contributed by atoms with E-state index in [-0.39, 0.29) is 22.5 Å². The van der Waals surface area contributed by atoms with Crippen molar-refractivity contribution in [1.29, 1.82) is 0 Å². The van der Waals surface area contributed by atoms with Crippen LogP contribution in [0.2, 0.25) is 0 Å². The highest BCUT2D eigenvalue weighted by molar-refractivity contribution is 7.91. The van der Waals surface area contributed by atoms with E-state index in [1.165, 1.54) is 36.3 Å². The van der Waals surface area contributed by atoms with Crippen molar-refractivity contribution in [2.75, 3.05) is 31.1 Å². The summed E-state index contributed by atoms with van der Waals surface area (Å²) in [5.74, 6) is -1.34. The number of carboxylic acids is 1. The molecule has 0 bridgehead atoms. The Morgan fingerprint density at radius 3 is 2.34 bits per heavy atom. The first kappa shape index (κ1) is 25.0. The largest absolute Gasteiger partial charge is 0.480 e. The molecule has 0 amide bonds. The summed E-state index contributed by atoms with van der Waals surface area (Å²) in [6.07, 6.45) is 5.00. The molecule has 0 radical (unpaired) electrons. The zero-order valence-electron chi connectivity index (χ0n) is 17.8. The summed E-state index contributed by atoms with van der Waals surface area (Å²) in [6, 6.07) is 10.5. The van der Waals surface area contributed by atoms with Crippen molar-refractivity contribution in [3.8, 4) is 10.4 Å². The third kappa shape index (κ3) is 5.82. The van der Waals surface area contributed by atoms with E-state index in [0.29, 0.717) is 25.9 Å². The SMILES string of the molecule is Cl.O=C(O)[C@H](NS(=O)(=O)c1ccc(-c2ccc(N3CCCCC3)cc2)s1)C1CCNCC1. The molecule has 10 heteroatoms. The Labute approximate surface area is 199 Å². The fourth-order valence-electron chi connectivity index (χ4n) is 4.36. The molecule has 2 fully saturated rings. The third-order valence-corrected chi connectivity index (χ3v) is 9.19. The van der Waals surface area contributed by atoms with Crippen molar-refractivity contribution >= 4 is 45.4 Å². The van der Waals surface area contributed by atoms with Crippen LogP contribution in [0.3, 0.4) is 0 Å². The number of rotatable bonds is 7. The van der Waals surface area contributed by atoms with Crippen LogP contribution in [-0.2, 0) is 14.8 Å². The topological polar surface area (TPSA) is 98.7 Å². The number of hydrogen-bond donors (Lipinski definition) is 3. The number of hydrogen-bond acceptors (Lipinski definition) is 6. The molecule has 2 saturated heterocycles. The molecule has 4 rings (SSSR count). The second-order valence-corrected chi connectivity index (χ2v) is 11.3. The summed E-state index contributed by atoms with van der Waals surface area (Å²) in [5.41, 5.74) is 2.15. The lowest BCUT2D eigenvalue weighted by Crippen LogP contribution is -2.48. The number of anilines is 1. The second-order valence-electron chi connectivity index (χ2n) is 8.24. The Hall–Kier alpha value is -1.65. The second kappa shape index (κ2) is 11.0. The van der Waals surface area contributed by atoms with Crippen LogP contribution < -0.4 is 14.9 Å². The van der Waals surface area contributed by atoms with Gasteiger partial charge in [-0.3, -0.25) is 4.79 Å². The molecule has 3 N–H and O–H groups in total. The summed E-state index contributed by atoms with van der Waals surface area (Å²) in [7, 11) is -3.91. The molecule has 2 aromatic rings. The van der Waals surface area contributed by atoms with E-state index in [1.54, 1.807) is 12.1 Å². The van der Waals surface area contributed by atoms with Crippen molar-refractivity contribution in [1.82, 2.24) is 10.0 Å². The molecule has 1 aromatic carbocycles. The number of sulfonamides is 1. The standard InChI is InChI=1S/C22H29N3O4S2.ClH/c26-22(27)21(17-10-12-23-13-11-17)24-31(28,29)20-9-8-19(30-20)16-4-6-18(7-5-16)25-14-2-1-3-15-25;/h4-9,17,21,23-24H,1-3,10-15H2,(H,26,27);1H/t21-;/m1./s1. The van der Waals surface area contributed by atoms with E-state index in [9.17, 15) is 18.3 Å². The predicted octanol–water partition coefficient (Wildman–Crippen LogP) is 3.56. The fraction of sp³-hybridized carbons (Fsp3) is 0.500. The number of piperidine rings is 2. The first-order valence-corrected chi connectivity index (χ1v) is 13.1. The lowest BCUT2D eigenvalue weighted by molar-refractivity contribution is -0.140. The summed E-state index contributed by atoms with van der Waals surface area (Å²) < 4.78 is 28.4. The highest BCUT2D eigenvalue weighted by Gasteiger charge is 2.34. The number of aliphatic carboxylic acids is 1. The summed E-state index contributed by atoms with van der Waals surface area (Å²) >= 11 is 1.17. The minimum absolute atomic E-state index is 0. The molecule has 1 atom stereocenters. The van der Waals surface area contributed by atoms with Crippen LogP contribution in [0.1, 0.15) is 32.1 Å². The van der Waals surface area contributed by atoms with Crippen molar-refractivity contribution in [2.45, 2.75) is 42.4 Å². The minimum Gasteiger partial charge on any atom is -0.480 e. The van der Waals surface area contributed by atoms with Crippen molar-refractivity contribution in [3.05, 3.63) is 36.4 Å². The molecule has 2 aliphatic rings. The average Bonchev–Trinajstić information content (AvgIpc) is 3.30. The Morgan fingerprint density at radius 1 is 1.06 bits per heavy atom. The molecule has 0 spiro atoms. The Morgan fingerprint density at radius 2 is 1.72 bits per heavy atom. The minimum atomic E-state index is -3.91. The molecule has 32 heavy (non-hydrogen) atoms. The van der Waals surface area contributed by atoms with Crippen LogP contribution in [0.4, 0.5) is 5.69 Å². The van der Waals surface area contributed by atoms with Gasteiger partial charge in [0.2, 0.25) is 0 Å². The van der Waals surface area contributed by atoms with Gasteiger partial charge in [-0.25, -0.2) is 8.42 Å². The van der Waals surface area contributed by atoms with Crippen molar-refractivity contribution in [3.63, 3.8) is 0 Å². The zero-order valence-corrected chi connectivity index (χ0v) is 20.3. The van der Waals surface area contributed by atoms with Crippen LogP contribution in [0, 0.1) is 5.92 Å². The Balaban J connectivity index is 0.00000289. The van der Waals surface area contributed by atoms with Gasteiger partial charge in [0.05, 0.1) is 0 Å². The van der Waals surface area contributed by atoms with E-state index in [1.807, 2.05) is 12.1 Å². The van der Waals surface area contributed by atoms with Crippen molar-refractivity contribution < 1.29 is 18.3 Å². The molecular weight excluding hydrogens is 470 g/mol. The van der Waals surface area contributed by atoms with E-state index in [4.69, 9.17) is 0 Å². The van der Waals surface area contributed by atoms with Gasteiger partial charge in [0.15, 0.2) is 0 Å². The van der Waals surface area contributed by atoms with E-state index < -0.39 is 22.0 Å². The number of nitrogens with zero attached hydrogens (tertiary/aromatic N) is 1. The summed E-state index contributed by atoms with van der Waals surface area (Å²) in [6.45, 7) is 3.56. The summed E-state index contributed by atoms with van der Waals surface area (Å²) in [5, 5.41) is 12.8. The normalized spacial score (nSPS) is 18.7. The van der Waals surface area contributed by atoms with Crippen LogP contribution in [0.25, 0.3) is 10.4 Å². The third-order valence-electron chi connectivity index (χ3n) is 6.12. The van der Waals surface area contributed by atoms with Gasteiger partial charge >= 0.3 is 5.97 Å². The van der Waals surface area contributed by atoms with Crippen LogP contribution in [0.15, 0.2) is 40.6 Å². The quantitative estimate of drug-likeness (QED) is 0.538. The van der Waals surface area contributed by atoms with Gasteiger partial charge in [0.25, 0.3) is 10.0 Å². The maximum atomic E-state index is 12.9. The molecule has 7 nitrogen and oxygen atoms in total. The van der Waals surface area contributed by atoms with E-state index in [2.05, 4.69) is 27.1 Å². The smallest absolute Gasteiger partial charge is 0.322 e. The van der Waals surface area contributed by atoms with Gasteiger partial charge < -0.3 is 15.3 Å². The first-order valence-electron chi connectivity index (χ1n) is 10.8. The van der Waals surface area contributed by atoms with Crippen LogP contribution in [-0.4, -0.2) is 51.7 Å². The number of benzene rings is 1. The molecule has 0 aliphatic carbocycles. The van der Waals surface area contributed by atoms with E-state index in [0.717, 1.165) is 23.5 Å². The number of carbonyl (C=O) groups is 1. The zero-order chi connectivity index (χ0) is 21.8. The Kier molecular flexibility index (Phi) is 8.57. The van der Waals surface area contributed by atoms with Crippen LogP contribution in [0.5, 0.6) is 0 Å². The van der Waals surface area contributed by atoms with Crippen molar-refractivity contribution in [2.24, 2.45) is 5.92 Å². The van der Waals surface area contributed by atoms with Gasteiger partial charge in [0.1, 0.15) is 10.3 Å². The molecule has 1 aromatic heterocycles. The number of carboxylic acid groups (broad SMARTS) is 1. The number of nitrogens with one attached hydrogen (secondary N) is 2. The van der Waals surface area contributed by atoms with Gasteiger partial charge in [-0.1, -0.05) is 12.1 Å². The Bertz CT molecular complexity index is 998. The first-order chi connectivity index (χ1) is 14.9. The van der Waals surface area contributed by atoms with Gasteiger partial charge in [0, 0.05) is 23.7 Å². The maximum Gasteiger partial charge on any atom is 0.322 e. The summed E-state index contributed by atoms with van der Waals surface area (Å²) in [4.78, 5) is 15.0. The van der Waals surface area contributed by atoms with Gasteiger partial charge in [-0.2, -0.15) is 4.72 Å². The highest BCUT2D eigenvalue weighted by atomic mass is 35.5. The maximum absolute atomic E-state index is 12.9. The molecule has 0 unspecified atom stereocenters. The van der Waals surface area contributed by atoms with Crippen LogP contribution >= 0.6 is 23.7 Å². The molecule has 0 saturated carbocycles. The average molecular weight is 500 g/mol. The molecular formula is C22H30ClN3O4S2. The molecule has 2 aliphatic heterocycles. The van der Waals surface area contributed by atoms with E-state index >= 15 is 0 Å². The predicted molar refractivity (Wildman–Crippen MR) is 130 cm³/mol. The number of halogens is 1. The van der Waals surface area contributed by atoms with Gasteiger partial charge in [-0.05, 0) is 80.9 Å². The lowest BCUT2D eigenvalue weighted by Gasteiger charge is -2.28. The number of thiophene rings is 1. The molecule has 3 heterocycles. The monoisotopic (exact) mass is 499 g/mol. The van der Waals surface area contributed by atoms with Gasteiger partial charge in [-0.15, -0.1) is 23.7 Å². The molecule has 176 valence electrons. The lowest BCUT2D eigenvalue weighted by atomic mass is 9.91. The fourth-order valence-corrected chi connectivity index (χ4v) is 6.95.